The van der Waals surface area contributed by atoms with E-state index in [1.165, 1.54) is 88.8 Å². The van der Waals surface area contributed by atoms with Gasteiger partial charge in [-0.2, -0.15) is 0 Å². The van der Waals surface area contributed by atoms with Crippen LogP contribution in [0.3, 0.4) is 0 Å². The second-order valence-corrected chi connectivity index (χ2v) is 17.1. The Morgan fingerprint density at radius 3 is 1.79 bits per heavy atom. The molecule has 0 aromatic heterocycles. The Morgan fingerprint density at radius 2 is 1.02 bits per heavy atom. The molecular weight excluding hydrogens is 706 g/mol. The van der Waals surface area contributed by atoms with Crippen molar-refractivity contribution < 1.29 is 0 Å². The summed E-state index contributed by atoms with van der Waals surface area (Å²) in [6.45, 7) is 7.01. The van der Waals surface area contributed by atoms with Gasteiger partial charge in [-0.15, -0.1) is 0 Å². The van der Waals surface area contributed by atoms with Gasteiger partial charge in [-0.25, -0.2) is 0 Å². The van der Waals surface area contributed by atoms with Crippen LogP contribution in [0.2, 0.25) is 0 Å². The van der Waals surface area contributed by atoms with Crippen molar-refractivity contribution in [3.63, 3.8) is 0 Å². The second kappa shape index (κ2) is 12.6. The molecule has 0 aliphatic heterocycles. The normalized spacial score (nSPS) is 16.1. The summed E-state index contributed by atoms with van der Waals surface area (Å²) < 4.78 is 0. The van der Waals surface area contributed by atoms with Crippen molar-refractivity contribution in [2.24, 2.45) is 0 Å². The summed E-state index contributed by atoms with van der Waals surface area (Å²) in [5.74, 6) is 0. The third-order valence-corrected chi connectivity index (χ3v) is 13.8. The fourth-order valence-corrected chi connectivity index (χ4v) is 10.9. The Balaban J connectivity index is 1.18. The number of rotatable bonds is 6. The summed E-state index contributed by atoms with van der Waals surface area (Å²) in [5.41, 5.74) is 22.8. The largest absolute Gasteiger partial charge is 0.310 e. The first-order valence-corrected chi connectivity index (χ1v) is 21.2. The van der Waals surface area contributed by atoms with Crippen LogP contribution in [-0.2, 0) is 17.3 Å². The lowest BCUT2D eigenvalue weighted by Crippen LogP contribution is -2.26. The van der Waals surface area contributed by atoms with Gasteiger partial charge >= 0.3 is 0 Å². The molecule has 0 saturated carbocycles. The van der Waals surface area contributed by atoms with Gasteiger partial charge in [-0.1, -0.05) is 169 Å². The molecule has 1 atom stereocenters. The lowest BCUT2D eigenvalue weighted by molar-refractivity contribution is 0.660. The van der Waals surface area contributed by atoms with E-state index in [4.69, 9.17) is 0 Å². The number of hydrogen-bond donors (Lipinski definition) is 0. The summed E-state index contributed by atoms with van der Waals surface area (Å²) in [5, 5.41) is 1.24. The van der Waals surface area contributed by atoms with E-state index in [1.807, 2.05) is 0 Å². The number of hydrogen-bond acceptors (Lipinski definition) is 1. The molecule has 3 aliphatic carbocycles. The second-order valence-electron chi connectivity index (χ2n) is 16.3. The SMILES string of the molecule is C=Pc1ccc2c(c1)C1(c3ccccc3-c3cc(N(c4ccc5c(c4)C(C)(C)c4ccccc4-5)c4ccccc4-c4ccccc4)ccc31)c1cc(CC)ccc1-2. The maximum atomic E-state index is 4.29. The molecule has 0 heterocycles. The molecule has 272 valence electrons. The Bertz CT molecular complexity index is 2950. The van der Waals surface area contributed by atoms with Gasteiger partial charge in [-0.05, 0) is 127 Å². The highest BCUT2D eigenvalue weighted by molar-refractivity contribution is 7.45. The predicted molar refractivity (Wildman–Crippen MR) is 243 cm³/mol. The van der Waals surface area contributed by atoms with E-state index in [0.717, 1.165) is 31.7 Å². The first kappa shape index (κ1) is 34.0. The van der Waals surface area contributed by atoms with E-state index in [0.29, 0.717) is 0 Å². The number of anilines is 3. The van der Waals surface area contributed by atoms with Gasteiger partial charge in [0.15, 0.2) is 0 Å². The van der Waals surface area contributed by atoms with Crippen molar-refractivity contribution in [2.75, 3.05) is 4.90 Å². The highest BCUT2D eigenvalue weighted by Gasteiger charge is 2.52. The molecule has 2 heteroatoms. The average Bonchev–Trinajstić information content (AvgIpc) is 3.81. The fraction of sp³-hybridized carbons (Fsp3) is 0.109. The molecule has 1 unspecified atom stereocenters. The van der Waals surface area contributed by atoms with Gasteiger partial charge in [0.1, 0.15) is 0 Å². The molecule has 8 aromatic rings. The van der Waals surface area contributed by atoms with Crippen LogP contribution in [0.15, 0.2) is 176 Å². The van der Waals surface area contributed by atoms with E-state index >= 15 is 0 Å². The first-order chi connectivity index (χ1) is 27.9. The van der Waals surface area contributed by atoms with Crippen LogP contribution in [-0.4, -0.2) is 6.30 Å². The van der Waals surface area contributed by atoms with E-state index in [2.05, 4.69) is 208 Å². The number of aryl methyl sites for hydroxylation is 1. The lowest BCUT2D eigenvalue weighted by Gasteiger charge is -2.32. The lowest BCUT2D eigenvalue weighted by atomic mass is 9.70. The molecule has 0 amide bonds. The van der Waals surface area contributed by atoms with Crippen LogP contribution < -0.4 is 10.2 Å². The number of para-hydroxylation sites is 1. The monoisotopic (exact) mass is 747 g/mol. The van der Waals surface area contributed by atoms with E-state index in [9.17, 15) is 0 Å². The molecule has 57 heavy (non-hydrogen) atoms. The quantitative estimate of drug-likeness (QED) is 0.153. The van der Waals surface area contributed by atoms with Crippen LogP contribution in [0.4, 0.5) is 17.1 Å². The van der Waals surface area contributed by atoms with Gasteiger partial charge in [0.25, 0.3) is 0 Å². The molecule has 1 nitrogen and oxygen atoms in total. The van der Waals surface area contributed by atoms with Crippen molar-refractivity contribution in [1.29, 1.82) is 0 Å². The number of fused-ring (bicyclic) bond motifs is 13. The summed E-state index contributed by atoms with van der Waals surface area (Å²) >= 11 is 0. The predicted octanol–water partition coefficient (Wildman–Crippen LogP) is 14.0. The molecule has 0 fully saturated rings. The molecule has 3 aliphatic rings. The summed E-state index contributed by atoms with van der Waals surface area (Å²) in [6, 6.07) is 66.4. The zero-order valence-corrected chi connectivity index (χ0v) is 33.4. The van der Waals surface area contributed by atoms with Gasteiger partial charge in [0.05, 0.1) is 11.1 Å². The third-order valence-electron chi connectivity index (χ3n) is 13.1. The Morgan fingerprint density at radius 1 is 0.456 bits per heavy atom. The molecule has 1 spiro atoms. The number of benzene rings is 8. The minimum Gasteiger partial charge on any atom is -0.310 e. The Hall–Kier alpha value is -6.27. The smallest absolute Gasteiger partial charge is 0.0725 e. The van der Waals surface area contributed by atoms with Gasteiger partial charge in [0.2, 0.25) is 0 Å². The maximum Gasteiger partial charge on any atom is 0.0725 e. The number of nitrogens with zero attached hydrogens (tertiary/aromatic N) is 1. The van der Waals surface area contributed by atoms with Crippen molar-refractivity contribution in [1.82, 2.24) is 0 Å². The molecule has 0 saturated heterocycles. The third kappa shape index (κ3) is 4.73. The molecule has 0 radical (unpaired) electrons. The van der Waals surface area contributed by atoms with Gasteiger partial charge in [0, 0.05) is 27.7 Å². The van der Waals surface area contributed by atoms with Crippen molar-refractivity contribution in [2.45, 2.75) is 38.0 Å². The topological polar surface area (TPSA) is 3.24 Å². The van der Waals surface area contributed by atoms with Crippen LogP contribution in [0, 0.1) is 0 Å². The zero-order chi connectivity index (χ0) is 38.5. The molecule has 0 bridgehead atoms. The van der Waals surface area contributed by atoms with Crippen molar-refractivity contribution in [3.05, 3.63) is 215 Å². The summed E-state index contributed by atoms with van der Waals surface area (Å²) in [7, 11) is 1.03. The molecule has 0 N–H and O–H groups in total. The van der Waals surface area contributed by atoms with Gasteiger partial charge in [-0.3, -0.25) is 0 Å². The Labute approximate surface area is 337 Å². The summed E-state index contributed by atoms with van der Waals surface area (Å²) in [6.07, 6.45) is 5.28. The van der Waals surface area contributed by atoms with Crippen LogP contribution in [0.1, 0.15) is 59.7 Å². The zero-order valence-electron chi connectivity index (χ0n) is 32.6. The van der Waals surface area contributed by atoms with E-state index in [-0.39, 0.29) is 5.41 Å². The van der Waals surface area contributed by atoms with Crippen LogP contribution in [0.25, 0.3) is 44.5 Å². The minimum atomic E-state index is -0.419. The molecule has 8 aromatic carbocycles. The van der Waals surface area contributed by atoms with Crippen LogP contribution >= 0.6 is 8.20 Å². The highest BCUT2D eigenvalue weighted by Crippen LogP contribution is 2.63. The first-order valence-electron chi connectivity index (χ1n) is 20.1. The highest BCUT2D eigenvalue weighted by atomic mass is 31.1. The summed E-state index contributed by atoms with van der Waals surface area (Å²) in [4.78, 5) is 2.50. The van der Waals surface area contributed by atoms with Crippen molar-refractivity contribution >= 4 is 36.9 Å². The Kier molecular flexibility index (Phi) is 7.53. The van der Waals surface area contributed by atoms with Crippen LogP contribution in [0.5, 0.6) is 0 Å². The maximum absolute atomic E-state index is 4.29. The van der Waals surface area contributed by atoms with E-state index < -0.39 is 5.41 Å². The molecular formula is C55H42NP. The van der Waals surface area contributed by atoms with Gasteiger partial charge < -0.3 is 4.90 Å². The minimum absolute atomic E-state index is 0.122. The molecule has 11 rings (SSSR count). The standard InChI is InChI=1S/C55H42NP/c1-5-35-23-27-44-45-29-26-39(57-4)34-52(45)55(51(44)31-35)48-21-13-10-19-42(48)46-32-37(25-30-49(46)55)56(53-22-14-11-17-40(53)36-15-7-6-8-16-36)38-24-28-43-41-18-9-12-20-47(41)54(2,3)50(43)33-38/h6-34H,4-5H2,1-3H3. The van der Waals surface area contributed by atoms with E-state index in [1.54, 1.807) is 0 Å². The van der Waals surface area contributed by atoms with Crippen molar-refractivity contribution in [3.8, 4) is 44.5 Å². The fourth-order valence-electron chi connectivity index (χ4n) is 10.5. The average molecular weight is 748 g/mol.